The van der Waals surface area contributed by atoms with Crippen LogP contribution in [0, 0.1) is 17.8 Å². The summed E-state index contributed by atoms with van der Waals surface area (Å²) in [5.41, 5.74) is 1.62. The van der Waals surface area contributed by atoms with E-state index in [1.165, 1.54) is 70.6 Å². The van der Waals surface area contributed by atoms with Gasteiger partial charge in [0.1, 0.15) is 5.75 Å². The van der Waals surface area contributed by atoms with Gasteiger partial charge in [-0.1, -0.05) is 95.6 Å². The highest BCUT2D eigenvalue weighted by atomic mass is 16.5. The molecule has 168 valence electrons. The van der Waals surface area contributed by atoms with Crippen molar-refractivity contribution in [3.63, 3.8) is 0 Å². The first-order valence-corrected chi connectivity index (χ1v) is 12.6. The minimum absolute atomic E-state index is 0.0967. The fourth-order valence-corrected chi connectivity index (χ4v) is 4.83. The summed E-state index contributed by atoms with van der Waals surface area (Å²) in [5.74, 6) is 2.80. The third kappa shape index (κ3) is 9.06. The molecule has 0 spiro atoms. The Morgan fingerprint density at radius 2 is 1.70 bits per heavy atom. The third-order valence-electron chi connectivity index (χ3n) is 6.91. The van der Waals surface area contributed by atoms with E-state index in [9.17, 15) is 4.79 Å². The molecular formula is C28H44O2. The normalized spacial score (nSPS) is 18.5. The Morgan fingerprint density at radius 1 is 1.00 bits per heavy atom. The molecule has 3 atom stereocenters. The standard InChI is InChI=1S/C28H44O2/c1-4-6-9-13-23(3)24-17-19-26(20-18-24)25(14-10-7-5-2)21-22-28(29)30-27-15-11-8-12-16-27/h8,11-12,15-16,19,23-25H,4-7,9-10,13-14,17-18,20-22H2,1-3H3. The van der Waals surface area contributed by atoms with Crippen molar-refractivity contribution >= 4 is 5.97 Å². The average Bonchev–Trinajstić information content (AvgIpc) is 2.77. The van der Waals surface area contributed by atoms with Gasteiger partial charge >= 0.3 is 5.97 Å². The summed E-state index contributed by atoms with van der Waals surface area (Å²) in [5, 5.41) is 0. The van der Waals surface area contributed by atoms with Crippen LogP contribution in [0.15, 0.2) is 42.0 Å². The summed E-state index contributed by atoms with van der Waals surface area (Å²) >= 11 is 0. The maximum absolute atomic E-state index is 12.4. The Kier molecular flexibility index (Phi) is 11.9. The summed E-state index contributed by atoms with van der Waals surface area (Å²) in [6, 6.07) is 9.45. The predicted molar refractivity (Wildman–Crippen MR) is 128 cm³/mol. The second kappa shape index (κ2) is 14.4. The Hall–Kier alpha value is -1.57. The van der Waals surface area contributed by atoms with Crippen molar-refractivity contribution in [2.24, 2.45) is 17.8 Å². The summed E-state index contributed by atoms with van der Waals surface area (Å²) in [6.07, 6.45) is 18.3. The predicted octanol–water partition coefficient (Wildman–Crippen LogP) is 8.51. The van der Waals surface area contributed by atoms with E-state index >= 15 is 0 Å². The fraction of sp³-hybridized carbons (Fsp3) is 0.679. The van der Waals surface area contributed by atoms with Gasteiger partial charge in [0.15, 0.2) is 0 Å². The highest BCUT2D eigenvalue weighted by molar-refractivity contribution is 5.72. The zero-order valence-corrected chi connectivity index (χ0v) is 19.7. The third-order valence-corrected chi connectivity index (χ3v) is 6.91. The van der Waals surface area contributed by atoms with Crippen molar-refractivity contribution in [1.82, 2.24) is 0 Å². The number of benzene rings is 1. The quantitative estimate of drug-likeness (QED) is 0.132. The molecule has 1 aliphatic carbocycles. The van der Waals surface area contributed by atoms with Crippen molar-refractivity contribution in [3.05, 3.63) is 42.0 Å². The lowest BCUT2D eigenvalue weighted by Crippen LogP contribution is -2.18. The number of unbranched alkanes of at least 4 members (excludes halogenated alkanes) is 4. The van der Waals surface area contributed by atoms with Gasteiger partial charge in [0.25, 0.3) is 0 Å². The SMILES string of the molecule is CCCCCC(CCC(=O)Oc1ccccc1)C1=CCC(C(C)CCCCC)CC1. The highest BCUT2D eigenvalue weighted by Crippen LogP contribution is 2.37. The lowest BCUT2D eigenvalue weighted by molar-refractivity contribution is -0.134. The van der Waals surface area contributed by atoms with Crippen LogP contribution in [-0.4, -0.2) is 5.97 Å². The van der Waals surface area contributed by atoms with Gasteiger partial charge in [-0.05, 0) is 62.0 Å². The molecule has 1 aromatic carbocycles. The van der Waals surface area contributed by atoms with E-state index in [-0.39, 0.29) is 5.97 Å². The molecule has 0 amide bonds. The zero-order valence-electron chi connectivity index (χ0n) is 19.7. The molecular weight excluding hydrogens is 368 g/mol. The Bertz CT molecular complexity index is 619. The Balaban J connectivity index is 1.86. The van der Waals surface area contributed by atoms with Gasteiger partial charge in [-0.3, -0.25) is 4.79 Å². The van der Waals surface area contributed by atoms with Crippen molar-refractivity contribution in [1.29, 1.82) is 0 Å². The number of esters is 1. The fourth-order valence-electron chi connectivity index (χ4n) is 4.83. The topological polar surface area (TPSA) is 26.3 Å². The number of hydrogen-bond acceptors (Lipinski definition) is 2. The van der Waals surface area contributed by atoms with Crippen LogP contribution in [-0.2, 0) is 4.79 Å². The molecule has 1 aliphatic rings. The number of rotatable bonds is 14. The summed E-state index contributed by atoms with van der Waals surface area (Å²) < 4.78 is 5.51. The van der Waals surface area contributed by atoms with E-state index in [0.717, 1.165) is 18.3 Å². The minimum Gasteiger partial charge on any atom is -0.427 e. The minimum atomic E-state index is -0.0967. The largest absolute Gasteiger partial charge is 0.427 e. The van der Waals surface area contributed by atoms with Crippen LogP contribution < -0.4 is 4.74 Å². The molecule has 3 unspecified atom stereocenters. The number of para-hydroxylation sites is 1. The van der Waals surface area contributed by atoms with Gasteiger partial charge in [0, 0.05) is 6.42 Å². The number of ether oxygens (including phenoxy) is 1. The zero-order chi connectivity index (χ0) is 21.6. The Morgan fingerprint density at radius 3 is 2.33 bits per heavy atom. The van der Waals surface area contributed by atoms with Crippen molar-refractivity contribution < 1.29 is 9.53 Å². The summed E-state index contributed by atoms with van der Waals surface area (Å²) in [7, 11) is 0. The van der Waals surface area contributed by atoms with Gasteiger partial charge < -0.3 is 4.74 Å². The molecule has 30 heavy (non-hydrogen) atoms. The van der Waals surface area contributed by atoms with Crippen LogP contribution in [0.1, 0.15) is 104 Å². The second-order valence-electron chi connectivity index (χ2n) is 9.31. The molecule has 0 bridgehead atoms. The molecule has 0 aliphatic heterocycles. The molecule has 0 N–H and O–H groups in total. The second-order valence-corrected chi connectivity index (χ2v) is 9.31. The molecule has 0 heterocycles. The van der Waals surface area contributed by atoms with Crippen LogP contribution in [0.4, 0.5) is 0 Å². The number of allylic oxidation sites excluding steroid dienone is 2. The van der Waals surface area contributed by atoms with E-state index in [0.29, 0.717) is 18.1 Å². The number of hydrogen-bond donors (Lipinski definition) is 0. The van der Waals surface area contributed by atoms with Crippen LogP contribution in [0.5, 0.6) is 5.75 Å². The Labute approximate surface area is 185 Å². The van der Waals surface area contributed by atoms with Gasteiger partial charge in [0.2, 0.25) is 0 Å². The highest BCUT2D eigenvalue weighted by Gasteiger charge is 2.24. The molecule has 0 fully saturated rings. The summed E-state index contributed by atoms with van der Waals surface area (Å²) in [4.78, 5) is 12.4. The molecule has 2 heteroatoms. The first-order valence-electron chi connectivity index (χ1n) is 12.6. The van der Waals surface area contributed by atoms with E-state index in [1.54, 1.807) is 5.57 Å². The van der Waals surface area contributed by atoms with Gasteiger partial charge in [-0.15, -0.1) is 0 Å². The number of carbonyl (C=O) groups excluding carboxylic acids is 1. The van der Waals surface area contributed by atoms with Gasteiger partial charge in [-0.25, -0.2) is 0 Å². The van der Waals surface area contributed by atoms with Crippen LogP contribution in [0.3, 0.4) is 0 Å². The van der Waals surface area contributed by atoms with Crippen molar-refractivity contribution in [2.75, 3.05) is 0 Å². The molecule has 0 aromatic heterocycles. The van der Waals surface area contributed by atoms with Crippen LogP contribution >= 0.6 is 0 Å². The maximum atomic E-state index is 12.4. The maximum Gasteiger partial charge on any atom is 0.311 e. The van der Waals surface area contributed by atoms with Gasteiger partial charge in [0.05, 0.1) is 0 Å². The van der Waals surface area contributed by atoms with E-state index < -0.39 is 0 Å². The van der Waals surface area contributed by atoms with E-state index in [4.69, 9.17) is 4.74 Å². The number of carbonyl (C=O) groups is 1. The molecule has 0 saturated heterocycles. The van der Waals surface area contributed by atoms with E-state index in [1.807, 2.05) is 30.3 Å². The molecule has 1 aromatic rings. The first-order chi connectivity index (χ1) is 14.6. The smallest absolute Gasteiger partial charge is 0.311 e. The lowest BCUT2D eigenvalue weighted by Gasteiger charge is -2.30. The van der Waals surface area contributed by atoms with Gasteiger partial charge in [-0.2, -0.15) is 0 Å². The molecule has 0 radical (unpaired) electrons. The summed E-state index contributed by atoms with van der Waals surface area (Å²) in [6.45, 7) is 7.00. The average molecular weight is 413 g/mol. The van der Waals surface area contributed by atoms with E-state index in [2.05, 4.69) is 26.8 Å². The lowest BCUT2D eigenvalue weighted by atomic mass is 9.75. The van der Waals surface area contributed by atoms with Crippen LogP contribution in [0.2, 0.25) is 0 Å². The monoisotopic (exact) mass is 412 g/mol. The van der Waals surface area contributed by atoms with Crippen molar-refractivity contribution in [3.8, 4) is 5.75 Å². The molecule has 2 nitrogen and oxygen atoms in total. The first kappa shape index (κ1) is 24.7. The molecule has 2 rings (SSSR count). The van der Waals surface area contributed by atoms with Crippen LogP contribution in [0.25, 0.3) is 0 Å². The molecule has 0 saturated carbocycles. The van der Waals surface area contributed by atoms with Crippen molar-refractivity contribution in [2.45, 2.75) is 104 Å².